The van der Waals surface area contributed by atoms with Crippen LogP contribution in [0.2, 0.25) is 5.02 Å². The molecule has 20 heavy (non-hydrogen) atoms. The van der Waals surface area contributed by atoms with Gasteiger partial charge in [-0.1, -0.05) is 29.8 Å². The van der Waals surface area contributed by atoms with Crippen molar-refractivity contribution in [2.45, 2.75) is 6.92 Å². The summed E-state index contributed by atoms with van der Waals surface area (Å²) in [5.74, 6) is -0.0653. The quantitative estimate of drug-likeness (QED) is 0.651. The monoisotopic (exact) mass is 281 g/mol. The van der Waals surface area contributed by atoms with E-state index in [1.807, 2.05) is 43.3 Å². The average Bonchev–Trinajstić information content (AvgIpc) is 2.49. The molecule has 2 aromatic carbocycles. The molecule has 98 valence electrons. The Balaban J connectivity index is 2.10. The number of halogens is 1. The van der Waals surface area contributed by atoms with Gasteiger partial charge < -0.3 is 0 Å². The van der Waals surface area contributed by atoms with Gasteiger partial charge in [0.05, 0.1) is 10.5 Å². The van der Waals surface area contributed by atoms with Gasteiger partial charge in [-0.3, -0.25) is 9.78 Å². The first-order valence-electron chi connectivity index (χ1n) is 6.31. The molecule has 1 heterocycles. The topological polar surface area (TPSA) is 30.0 Å². The zero-order chi connectivity index (χ0) is 14.1. The lowest BCUT2D eigenvalue weighted by atomic mass is 10.00. The molecule has 1 aromatic heterocycles. The SMILES string of the molecule is Cc1cccc(C(=O)c2ccc3ncccc3c2)c1Cl. The van der Waals surface area contributed by atoms with Gasteiger partial charge in [-0.2, -0.15) is 0 Å². The number of nitrogens with zero attached hydrogens (tertiary/aromatic N) is 1. The molecule has 0 bridgehead atoms. The van der Waals surface area contributed by atoms with Crippen molar-refractivity contribution in [3.8, 4) is 0 Å². The van der Waals surface area contributed by atoms with E-state index in [2.05, 4.69) is 4.98 Å². The van der Waals surface area contributed by atoms with Crippen LogP contribution < -0.4 is 0 Å². The van der Waals surface area contributed by atoms with Gasteiger partial charge in [-0.25, -0.2) is 0 Å². The van der Waals surface area contributed by atoms with E-state index in [0.717, 1.165) is 16.5 Å². The summed E-state index contributed by atoms with van der Waals surface area (Å²) in [5.41, 5.74) is 2.94. The first-order valence-corrected chi connectivity index (χ1v) is 6.69. The predicted molar refractivity (Wildman–Crippen MR) is 81.4 cm³/mol. The number of hydrogen-bond donors (Lipinski definition) is 0. The number of benzene rings is 2. The highest BCUT2D eigenvalue weighted by Crippen LogP contribution is 2.24. The van der Waals surface area contributed by atoms with E-state index in [-0.39, 0.29) is 5.78 Å². The van der Waals surface area contributed by atoms with Crippen LogP contribution >= 0.6 is 11.6 Å². The van der Waals surface area contributed by atoms with Crippen LogP contribution in [0.25, 0.3) is 10.9 Å². The van der Waals surface area contributed by atoms with Crippen LogP contribution in [0.15, 0.2) is 54.7 Å². The Morgan fingerprint density at radius 1 is 1.10 bits per heavy atom. The Morgan fingerprint density at radius 3 is 2.80 bits per heavy atom. The molecule has 3 heteroatoms. The predicted octanol–water partition coefficient (Wildman–Crippen LogP) is 4.43. The summed E-state index contributed by atoms with van der Waals surface area (Å²) in [6, 6.07) is 14.8. The Hall–Kier alpha value is -2.19. The summed E-state index contributed by atoms with van der Waals surface area (Å²) in [5, 5.41) is 1.46. The first-order chi connectivity index (χ1) is 9.66. The van der Waals surface area contributed by atoms with E-state index >= 15 is 0 Å². The Kier molecular flexibility index (Phi) is 3.25. The number of ketones is 1. The van der Waals surface area contributed by atoms with Crippen LogP contribution in [0.5, 0.6) is 0 Å². The highest BCUT2D eigenvalue weighted by molar-refractivity contribution is 6.35. The van der Waals surface area contributed by atoms with E-state index in [1.165, 1.54) is 0 Å². The first kappa shape index (κ1) is 12.8. The van der Waals surface area contributed by atoms with Crippen LogP contribution in [-0.4, -0.2) is 10.8 Å². The maximum atomic E-state index is 12.6. The summed E-state index contributed by atoms with van der Waals surface area (Å²) >= 11 is 6.22. The molecule has 0 saturated carbocycles. The maximum Gasteiger partial charge on any atom is 0.194 e. The second kappa shape index (κ2) is 5.06. The molecule has 0 amide bonds. The summed E-state index contributed by atoms with van der Waals surface area (Å²) < 4.78 is 0. The number of fused-ring (bicyclic) bond motifs is 1. The van der Waals surface area contributed by atoms with Crippen molar-refractivity contribution >= 4 is 28.3 Å². The molecular weight excluding hydrogens is 270 g/mol. The van der Waals surface area contributed by atoms with E-state index in [0.29, 0.717) is 16.1 Å². The molecule has 3 aromatic rings. The Bertz CT molecular complexity index is 811. The van der Waals surface area contributed by atoms with Gasteiger partial charge in [0.1, 0.15) is 0 Å². The number of carbonyl (C=O) groups excluding carboxylic acids is 1. The molecule has 0 aliphatic rings. The summed E-state index contributed by atoms with van der Waals surface area (Å²) in [6.45, 7) is 1.89. The number of pyridine rings is 1. The van der Waals surface area contributed by atoms with E-state index in [1.54, 1.807) is 18.3 Å². The second-order valence-corrected chi connectivity index (χ2v) is 5.05. The molecule has 0 N–H and O–H groups in total. The molecule has 0 fully saturated rings. The molecule has 0 radical (unpaired) electrons. The lowest BCUT2D eigenvalue weighted by Crippen LogP contribution is -2.03. The van der Waals surface area contributed by atoms with Gasteiger partial charge >= 0.3 is 0 Å². The Morgan fingerprint density at radius 2 is 1.95 bits per heavy atom. The van der Waals surface area contributed by atoms with E-state index in [4.69, 9.17) is 11.6 Å². The van der Waals surface area contributed by atoms with Gasteiger partial charge in [-0.15, -0.1) is 0 Å². The molecule has 0 atom stereocenters. The molecule has 0 aliphatic carbocycles. The van der Waals surface area contributed by atoms with Crippen LogP contribution in [-0.2, 0) is 0 Å². The van der Waals surface area contributed by atoms with Gasteiger partial charge in [0.25, 0.3) is 0 Å². The fraction of sp³-hybridized carbons (Fsp3) is 0.0588. The summed E-state index contributed by atoms with van der Waals surface area (Å²) in [6.07, 6.45) is 1.74. The van der Waals surface area contributed by atoms with Crippen molar-refractivity contribution in [2.75, 3.05) is 0 Å². The number of aromatic nitrogens is 1. The standard InChI is InChI=1S/C17H12ClNO/c1-11-4-2-6-14(16(11)18)17(20)13-7-8-15-12(10-13)5-3-9-19-15/h2-10H,1H3. The zero-order valence-corrected chi connectivity index (χ0v) is 11.7. The van der Waals surface area contributed by atoms with E-state index in [9.17, 15) is 4.79 Å². The van der Waals surface area contributed by atoms with Crippen LogP contribution in [0, 0.1) is 6.92 Å². The highest BCUT2D eigenvalue weighted by Gasteiger charge is 2.14. The van der Waals surface area contributed by atoms with Crippen LogP contribution in [0.3, 0.4) is 0 Å². The highest BCUT2D eigenvalue weighted by atomic mass is 35.5. The molecule has 0 spiro atoms. The molecule has 2 nitrogen and oxygen atoms in total. The summed E-state index contributed by atoms with van der Waals surface area (Å²) in [4.78, 5) is 16.8. The van der Waals surface area contributed by atoms with Gasteiger partial charge in [0.2, 0.25) is 0 Å². The van der Waals surface area contributed by atoms with Crippen molar-refractivity contribution in [1.29, 1.82) is 0 Å². The van der Waals surface area contributed by atoms with Crippen LogP contribution in [0.1, 0.15) is 21.5 Å². The number of rotatable bonds is 2. The number of carbonyl (C=O) groups is 1. The van der Waals surface area contributed by atoms with Gasteiger partial charge in [0.15, 0.2) is 5.78 Å². The third-order valence-corrected chi connectivity index (χ3v) is 3.80. The summed E-state index contributed by atoms with van der Waals surface area (Å²) in [7, 11) is 0. The molecular formula is C17H12ClNO. The lowest BCUT2D eigenvalue weighted by Gasteiger charge is -2.06. The zero-order valence-electron chi connectivity index (χ0n) is 10.9. The number of hydrogen-bond acceptors (Lipinski definition) is 2. The molecule has 0 aliphatic heterocycles. The largest absolute Gasteiger partial charge is 0.289 e. The van der Waals surface area contributed by atoms with Crippen molar-refractivity contribution in [1.82, 2.24) is 4.98 Å². The van der Waals surface area contributed by atoms with Crippen LogP contribution in [0.4, 0.5) is 0 Å². The van der Waals surface area contributed by atoms with Crippen molar-refractivity contribution in [3.05, 3.63) is 76.4 Å². The van der Waals surface area contributed by atoms with E-state index < -0.39 is 0 Å². The molecule has 3 rings (SSSR count). The van der Waals surface area contributed by atoms with Crippen molar-refractivity contribution in [3.63, 3.8) is 0 Å². The maximum absolute atomic E-state index is 12.6. The van der Waals surface area contributed by atoms with Gasteiger partial charge in [0, 0.05) is 22.7 Å². The lowest BCUT2D eigenvalue weighted by molar-refractivity contribution is 0.103. The third kappa shape index (κ3) is 2.19. The normalized spacial score (nSPS) is 10.7. The van der Waals surface area contributed by atoms with Crippen molar-refractivity contribution < 1.29 is 4.79 Å². The fourth-order valence-corrected chi connectivity index (χ4v) is 2.41. The second-order valence-electron chi connectivity index (χ2n) is 4.68. The fourth-order valence-electron chi connectivity index (χ4n) is 2.20. The minimum Gasteiger partial charge on any atom is -0.289 e. The third-order valence-electron chi connectivity index (χ3n) is 3.30. The average molecular weight is 282 g/mol. The smallest absolute Gasteiger partial charge is 0.194 e. The van der Waals surface area contributed by atoms with Gasteiger partial charge in [-0.05, 0) is 42.8 Å². The molecule has 0 unspecified atom stereocenters. The Labute approximate surface area is 122 Å². The van der Waals surface area contributed by atoms with Crippen molar-refractivity contribution in [2.24, 2.45) is 0 Å². The minimum atomic E-state index is -0.0653. The molecule has 0 saturated heterocycles. The number of aryl methyl sites for hydroxylation is 1. The minimum absolute atomic E-state index is 0.0653.